The third kappa shape index (κ3) is 3.17. The van der Waals surface area contributed by atoms with Crippen molar-refractivity contribution in [2.75, 3.05) is 38.3 Å². The normalized spacial score (nSPS) is 34.4. The molecule has 4 aliphatic rings. The van der Waals surface area contributed by atoms with Crippen molar-refractivity contribution in [2.45, 2.75) is 43.6 Å². The van der Waals surface area contributed by atoms with Gasteiger partial charge in [0.05, 0.1) is 29.7 Å². The van der Waals surface area contributed by atoms with E-state index >= 15 is 0 Å². The van der Waals surface area contributed by atoms with E-state index in [1.807, 2.05) is 7.05 Å². The molecule has 35 heavy (non-hydrogen) atoms. The van der Waals surface area contributed by atoms with Gasteiger partial charge in [-0.2, -0.15) is 18.4 Å². The van der Waals surface area contributed by atoms with Crippen LogP contribution in [0.3, 0.4) is 0 Å². The maximum atomic E-state index is 14.4. The number of hydrogen-bond donors (Lipinski definition) is 1. The number of nitrogens with zero attached hydrogens (tertiary/aromatic N) is 4. The molecule has 2 aromatic rings. The zero-order valence-electron chi connectivity index (χ0n) is 19.3. The molecule has 184 valence electrons. The standard InChI is InChI=1S/C25H26F3N5O2/c1-32-17-7-16(8-18(32)11-35-10-17)31-22(34)23-12-24(23,25(26,27)28)14-33(13-23)20-5-4-15(9-29)21-19(20)3-2-6-30-21/h2-6,16-18H,7-8,10-14H2,1H3,(H,31,34)/t16?,17?,18?,23-,24-/m1/s1. The van der Waals surface area contributed by atoms with Crippen LogP contribution in [-0.4, -0.2) is 73.4 Å². The lowest BCUT2D eigenvalue weighted by atomic mass is 9.89. The van der Waals surface area contributed by atoms with E-state index in [9.17, 15) is 23.2 Å². The van der Waals surface area contributed by atoms with Crippen LogP contribution in [0.4, 0.5) is 18.9 Å². The smallest absolute Gasteiger partial charge is 0.378 e. The average Bonchev–Trinajstić information content (AvgIpc) is 3.36. The third-order valence-corrected chi connectivity index (χ3v) is 8.72. The molecule has 0 spiro atoms. The van der Waals surface area contributed by atoms with Crippen LogP contribution in [0.15, 0.2) is 30.5 Å². The zero-order valence-corrected chi connectivity index (χ0v) is 19.3. The maximum absolute atomic E-state index is 14.4. The van der Waals surface area contributed by atoms with E-state index < -0.39 is 22.9 Å². The van der Waals surface area contributed by atoms with Crippen LogP contribution >= 0.6 is 0 Å². The molecule has 1 saturated carbocycles. The number of piperidine rings is 2. The van der Waals surface area contributed by atoms with Gasteiger partial charge >= 0.3 is 6.18 Å². The Labute approximate surface area is 200 Å². The predicted molar refractivity (Wildman–Crippen MR) is 122 cm³/mol. The van der Waals surface area contributed by atoms with Crippen molar-refractivity contribution in [3.63, 3.8) is 0 Å². The summed E-state index contributed by atoms with van der Waals surface area (Å²) in [6, 6.07) is 8.97. The van der Waals surface area contributed by atoms with Crippen molar-refractivity contribution in [3.05, 3.63) is 36.0 Å². The highest BCUT2D eigenvalue weighted by Gasteiger charge is 2.86. The third-order valence-electron chi connectivity index (χ3n) is 8.72. The molecule has 4 heterocycles. The summed E-state index contributed by atoms with van der Waals surface area (Å²) in [5.74, 6) is -0.498. The second-order valence-corrected chi connectivity index (χ2v) is 10.5. The minimum atomic E-state index is -4.50. The molecule has 1 N–H and O–H groups in total. The molecule has 1 aliphatic carbocycles. The first-order valence-electron chi connectivity index (χ1n) is 11.9. The lowest BCUT2D eigenvalue weighted by Gasteiger charge is -2.46. The Morgan fingerprint density at radius 1 is 1.23 bits per heavy atom. The van der Waals surface area contributed by atoms with Crippen LogP contribution in [0.25, 0.3) is 10.9 Å². The van der Waals surface area contributed by atoms with Crippen LogP contribution in [0.5, 0.6) is 0 Å². The molecule has 2 bridgehead atoms. The van der Waals surface area contributed by atoms with E-state index in [1.54, 1.807) is 35.4 Å². The summed E-state index contributed by atoms with van der Waals surface area (Å²) in [6.45, 7) is 0.846. The van der Waals surface area contributed by atoms with Gasteiger partial charge in [0.25, 0.3) is 0 Å². The minimum Gasteiger partial charge on any atom is -0.378 e. The van der Waals surface area contributed by atoms with Crippen LogP contribution in [-0.2, 0) is 9.53 Å². The first kappa shape index (κ1) is 22.6. The van der Waals surface area contributed by atoms with Crippen molar-refractivity contribution in [1.29, 1.82) is 5.26 Å². The molecule has 1 aromatic carbocycles. The summed E-state index contributed by atoms with van der Waals surface area (Å²) < 4.78 is 49.0. The zero-order chi connectivity index (χ0) is 24.6. The molecule has 4 fully saturated rings. The second kappa shape index (κ2) is 7.55. The number of halogens is 3. The number of carbonyl (C=O) groups excluding carboxylic acids is 1. The largest absolute Gasteiger partial charge is 0.397 e. The van der Waals surface area contributed by atoms with Gasteiger partial charge in [-0.3, -0.25) is 14.7 Å². The summed E-state index contributed by atoms with van der Waals surface area (Å²) >= 11 is 0. The van der Waals surface area contributed by atoms with Crippen LogP contribution in [0.2, 0.25) is 0 Å². The molecule has 10 heteroatoms. The van der Waals surface area contributed by atoms with Gasteiger partial charge in [0, 0.05) is 48.5 Å². The highest BCUT2D eigenvalue weighted by molar-refractivity contribution is 5.97. The van der Waals surface area contributed by atoms with Crippen molar-refractivity contribution in [3.8, 4) is 6.07 Å². The summed E-state index contributed by atoms with van der Waals surface area (Å²) in [6.07, 6.45) is -1.80. The maximum Gasteiger partial charge on any atom is 0.397 e. The first-order valence-corrected chi connectivity index (χ1v) is 11.9. The van der Waals surface area contributed by atoms with Gasteiger partial charge in [0.15, 0.2) is 0 Å². The summed E-state index contributed by atoms with van der Waals surface area (Å²) in [5, 5.41) is 13.0. The summed E-state index contributed by atoms with van der Waals surface area (Å²) in [4.78, 5) is 21.7. The molecule has 4 atom stereocenters. The quantitative estimate of drug-likeness (QED) is 0.720. The van der Waals surface area contributed by atoms with Gasteiger partial charge in [-0.1, -0.05) is 0 Å². The van der Waals surface area contributed by atoms with Gasteiger partial charge in [-0.25, -0.2) is 0 Å². The molecule has 1 amide bonds. The Bertz CT molecular complexity index is 1230. The number of fused-ring (bicyclic) bond motifs is 4. The number of nitriles is 1. The molecule has 3 aliphatic heterocycles. The number of nitrogens with one attached hydrogen (secondary N) is 1. The number of amides is 1. The topological polar surface area (TPSA) is 81.5 Å². The number of carbonyl (C=O) groups is 1. The molecule has 6 rings (SSSR count). The number of alkyl halides is 3. The number of pyridine rings is 1. The van der Waals surface area contributed by atoms with Gasteiger partial charge in [-0.15, -0.1) is 0 Å². The Morgan fingerprint density at radius 3 is 2.66 bits per heavy atom. The molecule has 1 aromatic heterocycles. The number of hydrogen-bond acceptors (Lipinski definition) is 6. The number of anilines is 1. The highest BCUT2D eigenvalue weighted by atomic mass is 19.4. The number of likely N-dealkylation sites (N-methyl/N-ethyl adjacent to an activating group) is 1. The van der Waals surface area contributed by atoms with Gasteiger partial charge in [-0.05, 0) is 50.6 Å². The van der Waals surface area contributed by atoms with E-state index in [0.29, 0.717) is 48.2 Å². The van der Waals surface area contributed by atoms with Crippen LogP contribution in [0.1, 0.15) is 24.8 Å². The molecular weight excluding hydrogens is 459 g/mol. The van der Waals surface area contributed by atoms with Crippen molar-refractivity contribution < 1.29 is 22.7 Å². The average molecular weight is 486 g/mol. The fourth-order valence-electron chi connectivity index (χ4n) is 6.65. The number of aromatic nitrogens is 1. The number of rotatable bonds is 3. The van der Waals surface area contributed by atoms with Crippen molar-refractivity contribution in [2.24, 2.45) is 10.8 Å². The first-order chi connectivity index (χ1) is 16.7. The molecule has 2 unspecified atom stereocenters. The van der Waals surface area contributed by atoms with Crippen molar-refractivity contribution in [1.82, 2.24) is 15.2 Å². The Morgan fingerprint density at radius 2 is 1.97 bits per heavy atom. The molecule has 3 saturated heterocycles. The van der Waals surface area contributed by atoms with Gasteiger partial charge < -0.3 is 15.0 Å². The fraction of sp³-hybridized carbons (Fsp3) is 0.560. The van der Waals surface area contributed by atoms with Gasteiger partial charge in [0.1, 0.15) is 11.5 Å². The van der Waals surface area contributed by atoms with E-state index in [4.69, 9.17) is 4.74 Å². The monoisotopic (exact) mass is 485 g/mol. The SMILES string of the molecule is CN1C2COCC1CC(NC(=O)[C@@]13CN(c4ccc(C#N)c5ncccc45)C[C@]1(C(F)(F)F)C3)C2. The van der Waals surface area contributed by atoms with Crippen LogP contribution in [0, 0.1) is 22.2 Å². The van der Waals surface area contributed by atoms with Gasteiger partial charge in [0.2, 0.25) is 5.91 Å². The Kier molecular flexibility index (Phi) is 4.86. The van der Waals surface area contributed by atoms with Crippen molar-refractivity contribution >= 4 is 22.5 Å². The number of ether oxygens (including phenoxy) is 1. The van der Waals surface area contributed by atoms with E-state index in [2.05, 4.69) is 21.3 Å². The number of morpholine rings is 1. The minimum absolute atomic E-state index is 0.0170. The Hall–Kier alpha value is -2.90. The molecule has 0 radical (unpaired) electrons. The Balaban J connectivity index is 1.30. The van der Waals surface area contributed by atoms with E-state index in [1.165, 1.54) is 0 Å². The molecule has 7 nitrogen and oxygen atoms in total. The number of benzene rings is 1. The molecular formula is C25H26F3N5O2. The van der Waals surface area contributed by atoms with E-state index in [-0.39, 0.29) is 37.6 Å². The summed E-state index contributed by atoms with van der Waals surface area (Å²) in [7, 11) is 2.04. The van der Waals surface area contributed by atoms with Crippen LogP contribution < -0.4 is 10.2 Å². The lowest BCUT2D eigenvalue weighted by molar-refractivity contribution is -0.192. The predicted octanol–water partition coefficient (Wildman–Crippen LogP) is 2.84. The second-order valence-electron chi connectivity index (χ2n) is 10.5. The van der Waals surface area contributed by atoms with E-state index in [0.717, 1.165) is 0 Å². The summed E-state index contributed by atoms with van der Waals surface area (Å²) in [5.41, 5.74) is -2.20. The lowest BCUT2D eigenvalue weighted by Crippen LogP contribution is -2.60. The highest BCUT2D eigenvalue weighted by Crippen LogP contribution is 2.75. The fourth-order valence-corrected chi connectivity index (χ4v) is 6.65.